The first-order valence-corrected chi connectivity index (χ1v) is 6.81. The Labute approximate surface area is 123 Å². The second kappa shape index (κ2) is 8.05. The van der Waals surface area contributed by atoms with E-state index in [1.165, 1.54) is 0 Å². The highest BCUT2D eigenvalue weighted by atomic mass is 16.5. The van der Waals surface area contributed by atoms with Crippen LogP contribution in [0.25, 0.3) is 11.6 Å². The summed E-state index contributed by atoms with van der Waals surface area (Å²) in [5, 5.41) is 13.2. The minimum Gasteiger partial charge on any atom is -0.461 e. The molecule has 0 fully saturated rings. The van der Waals surface area contributed by atoms with Crippen LogP contribution in [0.2, 0.25) is 0 Å². The van der Waals surface area contributed by atoms with Gasteiger partial charge in [-0.3, -0.25) is 10.1 Å². The summed E-state index contributed by atoms with van der Waals surface area (Å²) < 4.78 is 10.5. The van der Waals surface area contributed by atoms with Crippen LogP contribution in [-0.4, -0.2) is 47.9 Å². The van der Waals surface area contributed by atoms with E-state index in [-0.39, 0.29) is 0 Å². The smallest absolute Gasteiger partial charge is 0.216 e. The van der Waals surface area contributed by atoms with Crippen molar-refractivity contribution in [2.75, 3.05) is 26.8 Å². The molecule has 0 spiro atoms. The van der Waals surface area contributed by atoms with Gasteiger partial charge in [-0.05, 0) is 19.1 Å². The first-order valence-electron chi connectivity index (χ1n) is 6.81. The summed E-state index contributed by atoms with van der Waals surface area (Å²) in [6, 6.07) is 3.61. The van der Waals surface area contributed by atoms with Gasteiger partial charge in [0.05, 0.1) is 19.4 Å². The zero-order valence-corrected chi connectivity index (χ0v) is 12.2. The molecule has 0 saturated carbocycles. The third kappa shape index (κ3) is 4.60. The lowest BCUT2D eigenvalue weighted by Gasteiger charge is -2.10. The molecule has 0 saturated heterocycles. The molecule has 0 aliphatic heterocycles. The van der Waals surface area contributed by atoms with Gasteiger partial charge in [-0.1, -0.05) is 0 Å². The fourth-order valence-corrected chi connectivity index (χ4v) is 1.66. The highest BCUT2D eigenvalue weighted by Gasteiger charge is 2.08. The average molecular weight is 292 g/mol. The van der Waals surface area contributed by atoms with E-state index in [0.29, 0.717) is 49.7 Å². The number of aliphatic imine (C=N–C) groups is 1. The number of guanidine groups is 1. The highest BCUT2D eigenvalue weighted by molar-refractivity contribution is 5.79. The molecule has 2 aromatic rings. The summed E-state index contributed by atoms with van der Waals surface area (Å²) in [6.07, 6.45) is 1.59. The van der Waals surface area contributed by atoms with Crippen molar-refractivity contribution in [2.24, 2.45) is 4.99 Å². The van der Waals surface area contributed by atoms with Gasteiger partial charge in [-0.2, -0.15) is 0 Å². The van der Waals surface area contributed by atoms with Crippen molar-refractivity contribution in [3.63, 3.8) is 0 Å². The van der Waals surface area contributed by atoms with Crippen LogP contribution in [0, 0.1) is 0 Å². The van der Waals surface area contributed by atoms with E-state index in [2.05, 4.69) is 30.8 Å². The third-order valence-corrected chi connectivity index (χ3v) is 2.66. The number of aromatic nitrogens is 3. The molecule has 0 aliphatic rings. The Bertz CT molecular complexity index is 549. The minimum absolute atomic E-state index is 0.488. The normalized spacial score (nSPS) is 11.6. The topological polar surface area (TPSA) is 100 Å². The zero-order chi connectivity index (χ0) is 14.9. The molecule has 21 heavy (non-hydrogen) atoms. The Morgan fingerprint density at radius 3 is 3.10 bits per heavy atom. The van der Waals surface area contributed by atoms with Gasteiger partial charge in [0, 0.05) is 20.2 Å². The maximum Gasteiger partial charge on any atom is 0.216 e. The number of hydrogen-bond acceptors (Lipinski definition) is 5. The van der Waals surface area contributed by atoms with Crippen LogP contribution in [0.1, 0.15) is 12.7 Å². The first kappa shape index (κ1) is 15.0. The van der Waals surface area contributed by atoms with E-state index in [1.807, 2.05) is 13.0 Å². The molecule has 0 atom stereocenters. The molecule has 114 valence electrons. The van der Waals surface area contributed by atoms with Crippen molar-refractivity contribution >= 4 is 5.96 Å². The fourth-order valence-electron chi connectivity index (χ4n) is 1.66. The monoisotopic (exact) mass is 292 g/mol. The van der Waals surface area contributed by atoms with Crippen LogP contribution in [0.4, 0.5) is 0 Å². The predicted molar refractivity (Wildman–Crippen MR) is 78.8 cm³/mol. The zero-order valence-electron chi connectivity index (χ0n) is 12.2. The van der Waals surface area contributed by atoms with Gasteiger partial charge in [-0.25, -0.2) is 4.98 Å². The number of ether oxygens (including phenoxy) is 1. The van der Waals surface area contributed by atoms with E-state index < -0.39 is 0 Å². The SMILES string of the molecule is CCOCCNC(=NC)NCc1nc(-c2ccco2)n[nH]1. The Balaban J connectivity index is 1.79. The van der Waals surface area contributed by atoms with Crippen LogP contribution >= 0.6 is 0 Å². The van der Waals surface area contributed by atoms with Crippen LogP contribution < -0.4 is 10.6 Å². The van der Waals surface area contributed by atoms with E-state index in [0.717, 1.165) is 0 Å². The largest absolute Gasteiger partial charge is 0.461 e. The van der Waals surface area contributed by atoms with Crippen LogP contribution in [0.5, 0.6) is 0 Å². The van der Waals surface area contributed by atoms with Gasteiger partial charge in [0.15, 0.2) is 11.7 Å². The fraction of sp³-hybridized carbons (Fsp3) is 0.462. The molecule has 3 N–H and O–H groups in total. The Hall–Kier alpha value is -2.35. The van der Waals surface area contributed by atoms with Gasteiger partial charge < -0.3 is 19.8 Å². The van der Waals surface area contributed by atoms with E-state index in [1.54, 1.807) is 19.4 Å². The van der Waals surface area contributed by atoms with Crippen molar-refractivity contribution in [3.8, 4) is 11.6 Å². The minimum atomic E-state index is 0.488. The quantitative estimate of drug-likeness (QED) is 0.396. The Morgan fingerprint density at radius 2 is 2.38 bits per heavy atom. The number of hydrogen-bond donors (Lipinski definition) is 3. The van der Waals surface area contributed by atoms with Crippen molar-refractivity contribution in [2.45, 2.75) is 13.5 Å². The van der Waals surface area contributed by atoms with Gasteiger partial charge in [0.2, 0.25) is 5.82 Å². The molecular formula is C13H20N6O2. The molecule has 0 aromatic carbocycles. The van der Waals surface area contributed by atoms with Gasteiger partial charge in [-0.15, -0.1) is 5.10 Å². The standard InChI is InChI=1S/C13H20N6O2/c1-3-20-8-6-15-13(14-2)16-9-11-17-12(19-18-11)10-5-4-7-21-10/h4-5,7H,3,6,8-9H2,1-2H3,(H2,14,15,16)(H,17,18,19). The van der Waals surface area contributed by atoms with Gasteiger partial charge in [0.25, 0.3) is 0 Å². The molecule has 2 heterocycles. The van der Waals surface area contributed by atoms with Crippen molar-refractivity contribution in [1.29, 1.82) is 0 Å². The summed E-state index contributed by atoms with van der Waals surface area (Å²) in [5.74, 6) is 2.56. The van der Waals surface area contributed by atoms with Crippen LogP contribution in [-0.2, 0) is 11.3 Å². The average Bonchev–Trinajstić information content (AvgIpc) is 3.17. The number of nitrogens with one attached hydrogen (secondary N) is 3. The lowest BCUT2D eigenvalue weighted by Crippen LogP contribution is -2.38. The molecule has 0 unspecified atom stereocenters. The summed E-state index contributed by atoms with van der Waals surface area (Å²) in [4.78, 5) is 8.45. The summed E-state index contributed by atoms with van der Waals surface area (Å²) in [6.45, 7) is 4.50. The molecule has 2 rings (SSSR count). The second-order valence-electron chi connectivity index (χ2n) is 4.13. The summed E-state index contributed by atoms with van der Waals surface area (Å²) in [7, 11) is 1.71. The number of aromatic amines is 1. The van der Waals surface area contributed by atoms with Crippen LogP contribution in [0.3, 0.4) is 0 Å². The predicted octanol–water partition coefficient (Wildman–Crippen LogP) is 0.766. The van der Waals surface area contributed by atoms with E-state index in [4.69, 9.17) is 9.15 Å². The van der Waals surface area contributed by atoms with Crippen molar-refractivity contribution in [3.05, 3.63) is 24.2 Å². The van der Waals surface area contributed by atoms with Gasteiger partial charge >= 0.3 is 0 Å². The highest BCUT2D eigenvalue weighted by Crippen LogP contribution is 2.13. The number of nitrogens with zero attached hydrogens (tertiary/aromatic N) is 3. The maximum atomic E-state index is 5.25. The molecule has 0 amide bonds. The van der Waals surface area contributed by atoms with Crippen LogP contribution in [0.15, 0.2) is 27.8 Å². The Morgan fingerprint density at radius 1 is 1.48 bits per heavy atom. The number of rotatable bonds is 7. The lowest BCUT2D eigenvalue weighted by molar-refractivity contribution is 0.152. The summed E-state index contributed by atoms with van der Waals surface area (Å²) >= 11 is 0. The van der Waals surface area contributed by atoms with E-state index >= 15 is 0 Å². The molecule has 0 bridgehead atoms. The number of H-pyrrole nitrogens is 1. The van der Waals surface area contributed by atoms with Crippen molar-refractivity contribution in [1.82, 2.24) is 25.8 Å². The maximum absolute atomic E-state index is 5.25. The van der Waals surface area contributed by atoms with E-state index in [9.17, 15) is 0 Å². The van der Waals surface area contributed by atoms with Crippen molar-refractivity contribution < 1.29 is 9.15 Å². The first-order chi connectivity index (χ1) is 10.3. The lowest BCUT2D eigenvalue weighted by atomic mass is 10.4. The molecule has 2 aromatic heterocycles. The molecule has 0 aliphatic carbocycles. The Kier molecular flexibility index (Phi) is 5.77. The molecule has 0 radical (unpaired) electrons. The van der Waals surface area contributed by atoms with Gasteiger partial charge in [0.1, 0.15) is 5.82 Å². The molecular weight excluding hydrogens is 272 g/mol. The molecule has 8 nitrogen and oxygen atoms in total. The number of furan rings is 1. The third-order valence-electron chi connectivity index (χ3n) is 2.66. The molecule has 8 heteroatoms. The summed E-state index contributed by atoms with van der Waals surface area (Å²) in [5.41, 5.74) is 0. The second-order valence-corrected chi connectivity index (χ2v) is 4.13.